The lowest BCUT2D eigenvalue weighted by atomic mass is 9.90. The highest BCUT2D eigenvalue weighted by atomic mass is 16.5. The Hall–Kier alpha value is -2.75. The van der Waals surface area contributed by atoms with Crippen molar-refractivity contribution in [3.05, 3.63) is 53.1 Å². The average molecular weight is 352 g/mol. The molecule has 1 unspecified atom stereocenters. The third-order valence-corrected chi connectivity index (χ3v) is 4.70. The van der Waals surface area contributed by atoms with Crippen LogP contribution in [0.3, 0.4) is 0 Å². The summed E-state index contributed by atoms with van der Waals surface area (Å²) in [5, 5.41) is 12.0. The lowest BCUT2D eigenvalue weighted by Gasteiger charge is -2.33. The van der Waals surface area contributed by atoms with Crippen molar-refractivity contribution in [2.75, 3.05) is 7.11 Å². The van der Waals surface area contributed by atoms with Gasteiger partial charge in [-0.25, -0.2) is 4.79 Å². The van der Waals surface area contributed by atoms with Gasteiger partial charge in [-0.1, -0.05) is 42.0 Å². The topological polar surface area (TPSA) is 55.8 Å². The minimum absolute atomic E-state index is 0.0763. The number of phenols is 1. The summed E-state index contributed by atoms with van der Waals surface area (Å²) in [6, 6.07) is 7.38. The van der Waals surface area contributed by atoms with E-state index in [0.29, 0.717) is 16.7 Å². The number of rotatable bonds is 4. The van der Waals surface area contributed by atoms with E-state index < -0.39 is 11.6 Å². The molecule has 0 bridgehead atoms. The minimum Gasteiger partial charge on any atom is -0.506 e. The molecule has 0 saturated carbocycles. The molecule has 1 atom stereocenters. The van der Waals surface area contributed by atoms with Crippen molar-refractivity contribution in [3.8, 4) is 11.5 Å². The summed E-state index contributed by atoms with van der Waals surface area (Å²) in [6.45, 7) is 6.19. The Morgan fingerprint density at radius 2 is 1.96 bits per heavy atom. The second kappa shape index (κ2) is 6.87. The highest BCUT2D eigenvalue weighted by Gasteiger charge is 2.32. The zero-order valence-corrected chi connectivity index (χ0v) is 15.6. The maximum atomic E-state index is 12.3. The Morgan fingerprint density at radius 3 is 2.62 bits per heavy atom. The van der Waals surface area contributed by atoms with Gasteiger partial charge in [0.1, 0.15) is 22.7 Å². The Labute approximate surface area is 153 Å². The van der Waals surface area contributed by atoms with Crippen molar-refractivity contribution in [1.29, 1.82) is 0 Å². The molecular formula is C22H24O4. The lowest BCUT2D eigenvalue weighted by molar-refractivity contribution is 0.0595. The molecule has 0 aliphatic carbocycles. The standard InChI is InChI=1S/C22H24O4/c1-14(2)8-7-12-22(3)13-11-17-18(21(24)25-4)19(23)15-9-5-6-10-16(15)20(17)26-22/h5-6,8-11,13,23H,7,12H2,1-4H3. The first-order chi connectivity index (χ1) is 12.4. The molecule has 1 aliphatic rings. The summed E-state index contributed by atoms with van der Waals surface area (Å²) < 4.78 is 11.2. The Bertz CT molecular complexity index is 919. The van der Waals surface area contributed by atoms with Crippen LogP contribution in [0.1, 0.15) is 49.5 Å². The molecule has 4 heteroatoms. The molecule has 1 heterocycles. The van der Waals surface area contributed by atoms with E-state index >= 15 is 0 Å². The average Bonchev–Trinajstić information content (AvgIpc) is 2.62. The normalized spacial score (nSPS) is 18.2. The van der Waals surface area contributed by atoms with Crippen molar-refractivity contribution >= 4 is 22.8 Å². The number of phenolic OH excluding ortho intramolecular Hbond substituents is 1. The van der Waals surface area contributed by atoms with Crippen LogP contribution >= 0.6 is 0 Å². The van der Waals surface area contributed by atoms with Gasteiger partial charge in [0.05, 0.1) is 7.11 Å². The van der Waals surface area contributed by atoms with Gasteiger partial charge in [-0.15, -0.1) is 0 Å². The number of esters is 1. The predicted molar refractivity (Wildman–Crippen MR) is 104 cm³/mol. The van der Waals surface area contributed by atoms with E-state index in [0.717, 1.165) is 18.2 Å². The molecule has 0 radical (unpaired) electrons. The van der Waals surface area contributed by atoms with Crippen molar-refractivity contribution in [1.82, 2.24) is 0 Å². The predicted octanol–water partition coefficient (Wildman–Crippen LogP) is 5.24. The molecule has 4 nitrogen and oxygen atoms in total. The van der Waals surface area contributed by atoms with Gasteiger partial charge in [-0.3, -0.25) is 0 Å². The van der Waals surface area contributed by atoms with Gasteiger partial charge < -0.3 is 14.6 Å². The van der Waals surface area contributed by atoms with Crippen LogP contribution in [0.2, 0.25) is 0 Å². The van der Waals surface area contributed by atoms with Crippen LogP contribution in [0.5, 0.6) is 11.5 Å². The molecule has 0 amide bonds. The number of ether oxygens (including phenoxy) is 2. The summed E-state index contributed by atoms with van der Waals surface area (Å²) in [7, 11) is 1.31. The Morgan fingerprint density at radius 1 is 1.27 bits per heavy atom. The van der Waals surface area contributed by atoms with Crippen LogP contribution in [0.4, 0.5) is 0 Å². The Kier molecular flexibility index (Phi) is 4.77. The van der Waals surface area contributed by atoms with Crippen molar-refractivity contribution < 1.29 is 19.4 Å². The zero-order chi connectivity index (χ0) is 18.9. The number of benzene rings is 2. The number of fused-ring (bicyclic) bond motifs is 3. The smallest absolute Gasteiger partial charge is 0.342 e. The second-order valence-corrected chi connectivity index (χ2v) is 7.07. The minimum atomic E-state index is -0.578. The van der Waals surface area contributed by atoms with E-state index in [1.54, 1.807) is 6.07 Å². The van der Waals surface area contributed by atoms with E-state index in [4.69, 9.17) is 9.47 Å². The van der Waals surface area contributed by atoms with Crippen LogP contribution in [-0.2, 0) is 4.74 Å². The number of aromatic hydroxyl groups is 1. The van der Waals surface area contributed by atoms with Gasteiger partial charge in [0.25, 0.3) is 0 Å². The molecule has 1 aliphatic heterocycles. The van der Waals surface area contributed by atoms with Crippen molar-refractivity contribution in [3.63, 3.8) is 0 Å². The van der Waals surface area contributed by atoms with Gasteiger partial charge in [0.2, 0.25) is 0 Å². The Balaban J connectivity index is 2.14. The van der Waals surface area contributed by atoms with Crippen LogP contribution in [0.15, 0.2) is 42.0 Å². The molecule has 0 aromatic heterocycles. The first-order valence-corrected chi connectivity index (χ1v) is 8.74. The molecule has 0 fully saturated rings. The highest BCUT2D eigenvalue weighted by molar-refractivity contribution is 6.08. The van der Waals surface area contributed by atoms with Gasteiger partial charge in [-0.2, -0.15) is 0 Å². The molecule has 3 rings (SSSR count). The van der Waals surface area contributed by atoms with E-state index in [9.17, 15) is 9.90 Å². The monoisotopic (exact) mass is 352 g/mol. The summed E-state index contributed by atoms with van der Waals surface area (Å²) in [5.41, 5.74) is 1.50. The quantitative estimate of drug-likeness (QED) is 0.604. The number of methoxy groups -OCH3 is 1. The third kappa shape index (κ3) is 3.19. The molecule has 2 aromatic rings. The number of hydrogen-bond donors (Lipinski definition) is 1. The fraction of sp³-hybridized carbons (Fsp3) is 0.318. The molecular weight excluding hydrogens is 328 g/mol. The summed E-state index contributed by atoms with van der Waals surface area (Å²) in [4.78, 5) is 12.3. The first kappa shape index (κ1) is 18.1. The zero-order valence-electron chi connectivity index (χ0n) is 15.6. The maximum absolute atomic E-state index is 12.3. The molecule has 1 N–H and O–H groups in total. The van der Waals surface area contributed by atoms with Crippen LogP contribution in [-0.4, -0.2) is 23.8 Å². The molecule has 2 aromatic carbocycles. The largest absolute Gasteiger partial charge is 0.506 e. The van der Waals surface area contributed by atoms with Crippen LogP contribution in [0, 0.1) is 0 Å². The SMILES string of the molecule is COC(=O)c1c2c(c3ccccc3c1O)OC(C)(CCC=C(C)C)C=C2. The molecule has 0 saturated heterocycles. The third-order valence-electron chi connectivity index (χ3n) is 4.70. The number of allylic oxidation sites excluding steroid dienone is 2. The fourth-order valence-corrected chi connectivity index (χ4v) is 3.29. The molecule has 0 spiro atoms. The van der Waals surface area contributed by atoms with Gasteiger partial charge in [0, 0.05) is 16.3 Å². The van der Waals surface area contributed by atoms with Gasteiger partial charge in [0.15, 0.2) is 0 Å². The van der Waals surface area contributed by atoms with Gasteiger partial charge in [-0.05, 0) is 39.7 Å². The molecule has 26 heavy (non-hydrogen) atoms. The number of carbonyl (C=O) groups is 1. The van der Waals surface area contributed by atoms with Crippen LogP contribution < -0.4 is 4.74 Å². The second-order valence-electron chi connectivity index (χ2n) is 7.07. The number of carbonyl (C=O) groups excluding carboxylic acids is 1. The highest BCUT2D eigenvalue weighted by Crippen LogP contribution is 2.45. The van der Waals surface area contributed by atoms with Crippen molar-refractivity contribution in [2.45, 2.75) is 39.2 Å². The summed E-state index contributed by atoms with van der Waals surface area (Å²) in [5.74, 6) is -0.0421. The lowest BCUT2D eigenvalue weighted by Crippen LogP contribution is -2.32. The maximum Gasteiger partial charge on any atom is 0.342 e. The fourth-order valence-electron chi connectivity index (χ4n) is 3.29. The summed E-state index contributed by atoms with van der Waals surface area (Å²) >= 11 is 0. The number of hydrogen-bond acceptors (Lipinski definition) is 4. The summed E-state index contributed by atoms with van der Waals surface area (Å²) in [6.07, 6.45) is 7.72. The van der Waals surface area contributed by atoms with E-state index in [1.165, 1.54) is 12.7 Å². The first-order valence-electron chi connectivity index (χ1n) is 8.74. The van der Waals surface area contributed by atoms with E-state index in [2.05, 4.69) is 19.9 Å². The molecule has 136 valence electrons. The van der Waals surface area contributed by atoms with E-state index in [-0.39, 0.29) is 11.3 Å². The van der Waals surface area contributed by atoms with Gasteiger partial charge >= 0.3 is 5.97 Å². The van der Waals surface area contributed by atoms with E-state index in [1.807, 2.05) is 37.3 Å². The van der Waals surface area contributed by atoms with Crippen molar-refractivity contribution in [2.24, 2.45) is 0 Å². The van der Waals surface area contributed by atoms with Crippen LogP contribution in [0.25, 0.3) is 16.8 Å².